The summed E-state index contributed by atoms with van der Waals surface area (Å²) in [6.45, 7) is 15.0. The lowest BCUT2D eigenvalue weighted by Crippen LogP contribution is -1.91. The minimum Gasteiger partial charge on any atom is -0.288 e. The van der Waals surface area contributed by atoms with Crippen molar-refractivity contribution in [2.24, 2.45) is 4.99 Å². The van der Waals surface area contributed by atoms with Crippen molar-refractivity contribution >= 4 is 6.21 Å². The van der Waals surface area contributed by atoms with Crippen molar-refractivity contribution in [2.45, 2.75) is 46.6 Å². The van der Waals surface area contributed by atoms with Gasteiger partial charge in [-0.2, -0.15) is 0 Å². The summed E-state index contributed by atoms with van der Waals surface area (Å²) in [6.07, 6.45) is 8.81. The van der Waals surface area contributed by atoms with Gasteiger partial charge in [0.25, 0.3) is 0 Å². The molecule has 0 bridgehead atoms. The molecule has 0 aliphatic carbocycles. The van der Waals surface area contributed by atoms with Gasteiger partial charge in [0.15, 0.2) is 0 Å². The van der Waals surface area contributed by atoms with Crippen LogP contribution < -0.4 is 0 Å². The lowest BCUT2D eigenvalue weighted by molar-refractivity contribution is 1.02. The van der Waals surface area contributed by atoms with E-state index in [0.717, 1.165) is 37.0 Å². The smallest absolute Gasteiger partial charge is 0.0639 e. The fourth-order valence-electron chi connectivity index (χ4n) is 2.18. The van der Waals surface area contributed by atoms with Crippen molar-refractivity contribution in [3.63, 3.8) is 0 Å². The Labute approximate surface area is 129 Å². The average Bonchev–Trinajstić information content (AvgIpc) is 2.45. The second-order valence-electron chi connectivity index (χ2n) is 5.51. The molecule has 0 aromatic heterocycles. The summed E-state index contributed by atoms with van der Waals surface area (Å²) in [6, 6.07) is 6.79. The molecule has 0 amide bonds. The molecule has 112 valence electrons. The van der Waals surface area contributed by atoms with Crippen molar-refractivity contribution in [1.29, 1.82) is 0 Å². The van der Waals surface area contributed by atoms with Crippen molar-refractivity contribution in [3.05, 3.63) is 71.3 Å². The number of hydrogen-bond donors (Lipinski definition) is 0. The van der Waals surface area contributed by atoms with Crippen LogP contribution in [0.1, 0.15) is 43.9 Å². The predicted octanol–water partition coefficient (Wildman–Crippen LogP) is 5.46. The molecule has 0 spiro atoms. The zero-order valence-electron chi connectivity index (χ0n) is 13.7. The molecule has 1 aromatic rings. The fourth-order valence-corrected chi connectivity index (χ4v) is 2.18. The van der Waals surface area contributed by atoms with Gasteiger partial charge in [-0.15, -0.1) is 0 Å². The SMILES string of the molecule is C=C(C)CC(=C)/C=C\C=NCc1cc(CC)cc(CC)c1. The fraction of sp³-hybridized carbons (Fsp3) is 0.350. The number of hydrogen-bond acceptors (Lipinski definition) is 1. The Balaban J connectivity index is 2.58. The van der Waals surface area contributed by atoms with E-state index >= 15 is 0 Å². The first-order valence-electron chi connectivity index (χ1n) is 7.65. The molecule has 0 aliphatic rings. The van der Waals surface area contributed by atoms with E-state index in [0.29, 0.717) is 0 Å². The molecule has 0 saturated heterocycles. The highest BCUT2D eigenvalue weighted by molar-refractivity contribution is 5.71. The van der Waals surface area contributed by atoms with Crippen LogP contribution in [-0.2, 0) is 19.4 Å². The van der Waals surface area contributed by atoms with E-state index in [1.165, 1.54) is 16.7 Å². The summed E-state index contributed by atoms with van der Waals surface area (Å²) in [4.78, 5) is 4.47. The molecule has 1 rings (SSSR count). The second kappa shape index (κ2) is 9.12. The number of aliphatic imine (C=N–C) groups is 1. The van der Waals surface area contributed by atoms with Crippen LogP contribution in [0.25, 0.3) is 0 Å². The maximum absolute atomic E-state index is 4.47. The number of rotatable bonds is 8. The summed E-state index contributed by atoms with van der Waals surface area (Å²) >= 11 is 0. The quantitative estimate of drug-likeness (QED) is 0.341. The van der Waals surface area contributed by atoms with Crippen molar-refractivity contribution in [3.8, 4) is 0 Å². The van der Waals surface area contributed by atoms with Gasteiger partial charge in [0, 0.05) is 6.21 Å². The summed E-state index contributed by atoms with van der Waals surface area (Å²) in [5, 5.41) is 0. The summed E-state index contributed by atoms with van der Waals surface area (Å²) in [5.74, 6) is 0. The van der Waals surface area contributed by atoms with Crippen molar-refractivity contribution in [2.75, 3.05) is 0 Å². The largest absolute Gasteiger partial charge is 0.288 e. The van der Waals surface area contributed by atoms with E-state index in [1.807, 2.05) is 25.3 Å². The lowest BCUT2D eigenvalue weighted by Gasteiger charge is -2.05. The van der Waals surface area contributed by atoms with E-state index in [-0.39, 0.29) is 0 Å². The minimum absolute atomic E-state index is 0.734. The zero-order valence-corrected chi connectivity index (χ0v) is 13.7. The molecule has 0 unspecified atom stereocenters. The predicted molar refractivity (Wildman–Crippen MR) is 95.1 cm³/mol. The Kier molecular flexibility index (Phi) is 7.45. The Morgan fingerprint density at radius 1 is 1.05 bits per heavy atom. The van der Waals surface area contributed by atoms with Crippen molar-refractivity contribution < 1.29 is 0 Å². The molecule has 0 fully saturated rings. The maximum Gasteiger partial charge on any atom is 0.0639 e. The van der Waals surface area contributed by atoms with E-state index in [4.69, 9.17) is 0 Å². The van der Waals surface area contributed by atoms with Gasteiger partial charge >= 0.3 is 0 Å². The summed E-state index contributed by atoms with van der Waals surface area (Å²) in [5.41, 5.74) is 6.27. The van der Waals surface area contributed by atoms with Gasteiger partial charge in [0.05, 0.1) is 6.54 Å². The number of nitrogens with zero attached hydrogens (tertiary/aromatic N) is 1. The number of allylic oxidation sites excluding steroid dienone is 4. The lowest BCUT2D eigenvalue weighted by atomic mass is 10.0. The molecule has 0 heterocycles. The molecule has 0 atom stereocenters. The molecule has 0 radical (unpaired) electrons. The molecule has 0 N–H and O–H groups in total. The third kappa shape index (κ3) is 6.89. The molecule has 0 saturated carbocycles. The highest BCUT2D eigenvalue weighted by Crippen LogP contribution is 2.13. The maximum atomic E-state index is 4.47. The minimum atomic E-state index is 0.734. The molecule has 1 aromatic carbocycles. The van der Waals surface area contributed by atoms with E-state index in [9.17, 15) is 0 Å². The average molecular weight is 281 g/mol. The standard InChI is InChI=1S/C20H27N/c1-6-18-12-19(7-2)14-20(13-18)15-21-10-8-9-17(5)11-16(3)4/h8-10,12-14H,3,5-7,11,15H2,1-2,4H3/b9-8-,21-10?. The molecule has 21 heavy (non-hydrogen) atoms. The molecular formula is C20H27N. The van der Waals surface area contributed by atoms with Gasteiger partial charge in [-0.3, -0.25) is 4.99 Å². The van der Waals surface area contributed by atoms with Crippen LogP contribution in [0.3, 0.4) is 0 Å². The second-order valence-corrected chi connectivity index (χ2v) is 5.51. The van der Waals surface area contributed by atoms with Crippen LogP contribution in [-0.4, -0.2) is 6.21 Å². The topological polar surface area (TPSA) is 12.4 Å². The molecular weight excluding hydrogens is 254 g/mol. The monoisotopic (exact) mass is 281 g/mol. The van der Waals surface area contributed by atoms with Gasteiger partial charge in [0.2, 0.25) is 0 Å². The summed E-state index contributed by atoms with van der Waals surface area (Å²) in [7, 11) is 0. The molecule has 0 aliphatic heterocycles. The van der Waals surface area contributed by atoms with Crippen LogP contribution >= 0.6 is 0 Å². The van der Waals surface area contributed by atoms with Crippen molar-refractivity contribution in [1.82, 2.24) is 0 Å². The van der Waals surface area contributed by atoms with Gasteiger partial charge in [-0.25, -0.2) is 0 Å². The van der Waals surface area contributed by atoms with Crippen LogP contribution in [0.2, 0.25) is 0 Å². The zero-order chi connectivity index (χ0) is 15.7. The highest BCUT2D eigenvalue weighted by atomic mass is 14.7. The van der Waals surface area contributed by atoms with Gasteiger partial charge < -0.3 is 0 Å². The Morgan fingerprint density at radius 2 is 1.62 bits per heavy atom. The van der Waals surface area contributed by atoms with Crippen LogP contribution in [0.5, 0.6) is 0 Å². The number of aryl methyl sites for hydroxylation is 2. The number of benzene rings is 1. The third-order valence-corrected chi connectivity index (χ3v) is 3.25. The van der Waals surface area contributed by atoms with Crippen LogP contribution in [0.4, 0.5) is 0 Å². The van der Waals surface area contributed by atoms with E-state index in [2.05, 4.69) is 50.2 Å². The third-order valence-electron chi connectivity index (χ3n) is 3.25. The van der Waals surface area contributed by atoms with Crippen LogP contribution in [0.15, 0.2) is 59.6 Å². The Bertz CT molecular complexity index is 525. The Hall–Kier alpha value is -1.89. The highest BCUT2D eigenvalue weighted by Gasteiger charge is 1.98. The van der Waals surface area contributed by atoms with Crippen LogP contribution in [0, 0.1) is 0 Å². The normalized spacial score (nSPS) is 11.4. The van der Waals surface area contributed by atoms with Gasteiger partial charge in [0.1, 0.15) is 0 Å². The van der Waals surface area contributed by atoms with Gasteiger partial charge in [-0.05, 0) is 49.0 Å². The first-order valence-corrected chi connectivity index (χ1v) is 7.65. The molecule has 1 nitrogen and oxygen atoms in total. The van der Waals surface area contributed by atoms with E-state index in [1.54, 1.807) is 0 Å². The van der Waals surface area contributed by atoms with Gasteiger partial charge in [-0.1, -0.05) is 62.4 Å². The van der Waals surface area contributed by atoms with E-state index < -0.39 is 0 Å². The Morgan fingerprint density at radius 3 is 2.14 bits per heavy atom. The first kappa shape index (κ1) is 17.2. The first-order chi connectivity index (χ1) is 10.0. The molecule has 1 heteroatoms. The summed E-state index contributed by atoms with van der Waals surface area (Å²) < 4.78 is 0.